The average molecular weight is 454 g/mol. The van der Waals surface area contributed by atoms with E-state index in [1.165, 1.54) is 16.9 Å². The molecule has 1 aliphatic heterocycles. The standard InChI is InChI=1S/C20H15ClF3N3O4/c1-11-16(7-26-27(11)17-3-2-14(6-25-17)20(22,23)24)19(28)30-9-13-5-15(21)4-12-8-29-10-31-18(12)13/h2-7H,8-10H2,1H3. The molecule has 0 unspecified atom stereocenters. The number of aromatic nitrogens is 3. The Bertz CT molecular complexity index is 1130. The van der Waals surface area contributed by atoms with E-state index in [-0.39, 0.29) is 24.8 Å². The summed E-state index contributed by atoms with van der Waals surface area (Å²) in [5.41, 5.74) is 0.992. The van der Waals surface area contributed by atoms with Crippen LogP contribution in [0.25, 0.3) is 5.82 Å². The van der Waals surface area contributed by atoms with Crippen LogP contribution in [0.4, 0.5) is 13.2 Å². The van der Waals surface area contributed by atoms with Crippen molar-refractivity contribution < 1.29 is 32.2 Å². The van der Waals surface area contributed by atoms with Gasteiger partial charge in [0.25, 0.3) is 0 Å². The summed E-state index contributed by atoms with van der Waals surface area (Å²) in [5, 5.41) is 4.50. The number of fused-ring (bicyclic) bond motifs is 1. The normalized spacial score (nSPS) is 13.5. The lowest BCUT2D eigenvalue weighted by molar-refractivity contribution is -0.137. The first-order chi connectivity index (χ1) is 14.7. The summed E-state index contributed by atoms with van der Waals surface area (Å²) in [6, 6.07) is 5.43. The Hall–Kier alpha value is -3.11. The second-order valence-electron chi connectivity index (χ2n) is 6.70. The van der Waals surface area contributed by atoms with Crippen LogP contribution >= 0.6 is 11.6 Å². The van der Waals surface area contributed by atoms with Gasteiger partial charge in [-0.2, -0.15) is 18.3 Å². The van der Waals surface area contributed by atoms with E-state index in [1.54, 1.807) is 19.1 Å². The highest BCUT2D eigenvalue weighted by atomic mass is 35.5. The number of halogens is 4. The van der Waals surface area contributed by atoms with Crippen LogP contribution < -0.4 is 4.74 Å². The lowest BCUT2D eigenvalue weighted by atomic mass is 10.1. The summed E-state index contributed by atoms with van der Waals surface area (Å²) >= 11 is 6.11. The van der Waals surface area contributed by atoms with Crippen molar-refractivity contribution in [2.75, 3.05) is 6.79 Å². The van der Waals surface area contributed by atoms with Gasteiger partial charge in [-0.25, -0.2) is 14.5 Å². The first-order valence-corrected chi connectivity index (χ1v) is 9.39. The highest BCUT2D eigenvalue weighted by Crippen LogP contribution is 2.32. The fourth-order valence-corrected chi connectivity index (χ4v) is 3.37. The minimum absolute atomic E-state index is 0.0849. The first-order valence-electron chi connectivity index (χ1n) is 9.01. The Morgan fingerprint density at radius 3 is 2.81 bits per heavy atom. The van der Waals surface area contributed by atoms with Gasteiger partial charge in [0.2, 0.25) is 0 Å². The number of alkyl halides is 3. The van der Waals surface area contributed by atoms with Crippen LogP contribution in [0, 0.1) is 6.92 Å². The minimum atomic E-state index is -4.49. The molecule has 1 aromatic carbocycles. The van der Waals surface area contributed by atoms with Crippen molar-refractivity contribution in [2.24, 2.45) is 0 Å². The lowest BCUT2D eigenvalue weighted by Crippen LogP contribution is -2.14. The molecule has 0 fully saturated rings. The third kappa shape index (κ3) is 4.35. The Morgan fingerprint density at radius 2 is 2.10 bits per heavy atom. The summed E-state index contributed by atoms with van der Waals surface area (Å²) in [6.07, 6.45) is -2.51. The van der Waals surface area contributed by atoms with Gasteiger partial charge in [0.05, 0.1) is 24.1 Å². The van der Waals surface area contributed by atoms with Gasteiger partial charge in [-0.3, -0.25) is 0 Å². The smallest absolute Gasteiger partial charge is 0.417 e. The molecule has 162 valence electrons. The summed E-state index contributed by atoms with van der Waals surface area (Å²) in [4.78, 5) is 16.4. The summed E-state index contributed by atoms with van der Waals surface area (Å²) in [6.45, 7) is 1.92. The molecular weight excluding hydrogens is 439 g/mol. The zero-order valence-corrected chi connectivity index (χ0v) is 16.8. The van der Waals surface area contributed by atoms with Gasteiger partial charge in [0, 0.05) is 22.3 Å². The second kappa shape index (κ2) is 8.20. The fourth-order valence-electron chi connectivity index (χ4n) is 3.10. The van der Waals surface area contributed by atoms with Gasteiger partial charge < -0.3 is 14.2 Å². The number of ether oxygens (including phenoxy) is 3. The molecule has 31 heavy (non-hydrogen) atoms. The van der Waals surface area contributed by atoms with Crippen LogP contribution in [0.3, 0.4) is 0 Å². The molecular formula is C20H15ClF3N3O4. The molecule has 0 saturated heterocycles. The predicted molar refractivity (Wildman–Crippen MR) is 102 cm³/mol. The quantitative estimate of drug-likeness (QED) is 0.542. The molecule has 11 heteroatoms. The molecule has 0 N–H and O–H groups in total. The van der Waals surface area contributed by atoms with Crippen molar-refractivity contribution in [3.63, 3.8) is 0 Å². The molecule has 3 heterocycles. The van der Waals surface area contributed by atoms with E-state index < -0.39 is 17.7 Å². The number of carbonyl (C=O) groups excluding carboxylic acids is 1. The van der Waals surface area contributed by atoms with E-state index in [4.69, 9.17) is 25.8 Å². The van der Waals surface area contributed by atoms with Crippen molar-refractivity contribution in [3.8, 4) is 11.6 Å². The maximum absolute atomic E-state index is 12.7. The Balaban J connectivity index is 1.51. The lowest BCUT2D eigenvalue weighted by Gasteiger charge is -2.21. The molecule has 3 aromatic rings. The molecule has 0 atom stereocenters. The number of rotatable bonds is 4. The Kier molecular flexibility index (Phi) is 5.59. The topological polar surface area (TPSA) is 75.5 Å². The number of hydrogen-bond donors (Lipinski definition) is 0. The number of nitrogens with zero attached hydrogens (tertiary/aromatic N) is 3. The van der Waals surface area contributed by atoms with Gasteiger partial charge >= 0.3 is 12.1 Å². The van der Waals surface area contributed by atoms with Crippen LogP contribution in [0.1, 0.15) is 32.7 Å². The van der Waals surface area contributed by atoms with E-state index >= 15 is 0 Å². The van der Waals surface area contributed by atoms with Crippen molar-refractivity contribution >= 4 is 17.6 Å². The minimum Gasteiger partial charge on any atom is -0.467 e. The SMILES string of the molecule is Cc1c(C(=O)OCc2cc(Cl)cc3c2OCOC3)cnn1-c1ccc(C(F)(F)F)cn1. The van der Waals surface area contributed by atoms with Gasteiger partial charge in [-0.1, -0.05) is 11.6 Å². The summed E-state index contributed by atoms with van der Waals surface area (Å²) in [5.74, 6) is 0.0446. The third-order valence-electron chi connectivity index (χ3n) is 4.63. The molecule has 0 radical (unpaired) electrons. The third-order valence-corrected chi connectivity index (χ3v) is 4.85. The molecule has 7 nitrogen and oxygen atoms in total. The Morgan fingerprint density at radius 1 is 1.29 bits per heavy atom. The van der Waals surface area contributed by atoms with Crippen molar-refractivity contribution in [1.29, 1.82) is 0 Å². The molecule has 0 aliphatic carbocycles. The predicted octanol–water partition coefficient (Wildman–Crippen LogP) is 4.47. The highest BCUT2D eigenvalue weighted by molar-refractivity contribution is 6.30. The summed E-state index contributed by atoms with van der Waals surface area (Å²) in [7, 11) is 0. The van der Waals surface area contributed by atoms with Crippen LogP contribution in [0.15, 0.2) is 36.7 Å². The number of esters is 1. The largest absolute Gasteiger partial charge is 0.467 e. The maximum Gasteiger partial charge on any atom is 0.417 e. The van der Waals surface area contributed by atoms with Crippen molar-refractivity contribution in [2.45, 2.75) is 26.3 Å². The first kappa shape index (κ1) is 21.1. The van der Waals surface area contributed by atoms with E-state index in [1.807, 2.05) is 0 Å². The van der Waals surface area contributed by atoms with Gasteiger partial charge in [-0.15, -0.1) is 0 Å². The maximum atomic E-state index is 12.7. The number of hydrogen-bond acceptors (Lipinski definition) is 6. The molecule has 0 bridgehead atoms. The van der Waals surface area contributed by atoms with E-state index in [0.29, 0.717) is 34.8 Å². The van der Waals surface area contributed by atoms with Crippen LogP contribution in [-0.2, 0) is 28.9 Å². The zero-order valence-electron chi connectivity index (χ0n) is 16.1. The fraction of sp³-hybridized carbons (Fsp3) is 0.250. The number of carbonyl (C=O) groups is 1. The van der Waals surface area contributed by atoms with Crippen LogP contribution in [-0.4, -0.2) is 27.5 Å². The van der Waals surface area contributed by atoms with E-state index in [9.17, 15) is 18.0 Å². The average Bonchev–Trinajstić information content (AvgIpc) is 3.12. The molecule has 0 saturated carbocycles. The molecule has 4 rings (SSSR count). The van der Waals surface area contributed by atoms with Crippen molar-refractivity contribution in [3.05, 3.63) is 69.6 Å². The molecule has 0 spiro atoms. The van der Waals surface area contributed by atoms with Crippen molar-refractivity contribution in [1.82, 2.24) is 14.8 Å². The van der Waals surface area contributed by atoms with Gasteiger partial charge in [0.15, 0.2) is 12.6 Å². The number of benzene rings is 1. The van der Waals surface area contributed by atoms with E-state index in [2.05, 4.69) is 10.1 Å². The second-order valence-corrected chi connectivity index (χ2v) is 7.13. The van der Waals surface area contributed by atoms with Crippen LogP contribution in [0.5, 0.6) is 5.75 Å². The van der Waals surface area contributed by atoms with Gasteiger partial charge in [-0.05, 0) is 31.2 Å². The molecule has 2 aromatic heterocycles. The van der Waals surface area contributed by atoms with E-state index in [0.717, 1.165) is 11.6 Å². The van der Waals surface area contributed by atoms with Crippen LogP contribution in [0.2, 0.25) is 5.02 Å². The molecule has 1 aliphatic rings. The van der Waals surface area contributed by atoms with Gasteiger partial charge in [0.1, 0.15) is 17.9 Å². The summed E-state index contributed by atoms with van der Waals surface area (Å²) < 4.78 is 55.5. The Labute approximate surface area is 179 Å². The monoisotopic (exact) mass is 453 g/mol. The molecule has 0 amide bonds. The zero-order chi connectivity index (χ0) is 22.2. The number of pyridine rings is 1. The highest BCUT2D eigenvalue weighted by Gasteiger charge is 2.31.